The number of aromatic nitrogens is 1. The molecule has 0 unspecified atom stereocenters. The first-order valence-electron chi connectivity index (χ1n) is 9.88. The number of benzene rings is 2. The molecule has 6 nitrogen and oxygen atoms in total. The summed E-state index contributed by atoms with van der Waals surface area (Å²) in [7, 11) is 0. The van der Waals surface area contributed by atoms with Gasteiger partial charge in [0.15, 0.2) is 6.61 Å². The van der Waals surface area contributed by atoms with Gasteiger partial charge in [0.1, 0.15) is 17.4 Å². The number of pyridine rings is 1. The topological polar surface area (TPSA) is 92.3 Å². The first-order valence-corrected chi connectivity index (χ1v) is 9.88. The Balaban J connectivity index is 2.01. The number of rotatable bonds is 6. The SMILES string of the molecule is Cc1ccc(Cn2c(O)c(C(=O)COc3c(C)cccc3C)c(C)c(C#N)c2=O)cc1. The molecular weight excluding hydrogens is 392 g/mol. The van der Waals surface area contributed by atoms with Gasteiger partial charge in [-0.3, -0.25) is 14.2 Å². The molecule has 0 radical (unpaired) electrons. The summed E-state index contributed by atoms with van der Waals surface area (Å²) in [5, 5.41) is 20.4. The molecule has 0 atom stereocenters. The van der Waals surface area contributed by atoms with Crippen molar-refractivity contribution in [1.29, 1.82) is 5.26 Å². The predicted molar refractivity (Wildman–Crippen MR) is 118 cm³/mol. The molecule has 6 heteroatoms. The number of Topliss-reactive ketones (excluding diaryl/α,β-unsaturated/α-hetero) is 1. The molecule has 0 saturated heterocycles. The smallest absolute Gasteiger partial charge is 0.271 e. The first-order chi connectivity index (χ1) is 14.7. The highest BCUT2D eigenvalue weighted by molar-refractivity contribution is 6.01. The molecule has 0 aliphatic carbocycles. The van der Waals surface area contributed by atoms with Crippen molar-refractivity contribution in [3.05, 3.63) is 91.8 Å². The molecule has 3 aromatic rings. The number of ether oxygens (including phenoxy) is 1. The molecule has 158 valence electrons. The van der Waals surface area contributed by atoms with Crippen molar-refractivity contribution in [2.75, 3.05) is 6.61 Å². The number of hydrogen-bond acceptors (Lipinski definition) is 5. The molecule has 31 heavy (non-hydrogen) atoms. The highest BCUT2D eigenvalue weighted by atomic mass is 16.5. The standard InChI is InChI=1S/C25H24N2O4/c1-15-8-10-19(11-9-15)13-27-24(29)20(12-26)18(4)22(25(27)30)21(28)14-31-23-16(2)6-5-7-17(23)3/h5-11,30H,13-14H2,1-4H3. The van der Waals surface area contributed by atoms with Gasteiger partial charge >= 0.3 is 0 Å². The van der Waals surface area contributed by atoms with Crippen LogP contribution in [0, 0.1) is 39.0 Å². The van der Waals surface area contributed by atoms with E-state index in [0.29, 0.717) is 5.75 Å². The van der Waals surface area contributed by atoms with E-state index < -0.39 is 17.2 Å². The first kappa shape index (κ1) is 21.8. The second-order valence-corrected chi connectivity index (χ2v) is 7.62. The van der Waals surface area contributed by atoms with Crippen LogP contribution < -0.4 is 10.3 Å². The lowest BCUT2D eigenvalue weighted by atomic mass is 10.0. The lowest BCUT2D eigenvalue weighted by Gasteiger charge is -2.17. The Morgan fingerprint density at radius 2 is 1.68 bits per heavy atom. The highest BCUT2D eigenvalue weighted by Crippen LogP contribution is 2.26. The van der Waals surface area contributed by atoms with Crippen LogP contribution in [0.5, 0.6) is 11.6 Å². The van der Waals surface area contributed by atoms with Crippen molar-refractivity contribution in [1.82, 2.24) is 4.57 Å². The van der Waals surface area contributed by atoms with Crippen LogP contribution in [0.1, 0.15) is 43.7 Å². The molecule has 0 saturated carbocycles. The third kappa shape index (κ3) is 4.36. The number of nitrogens with zero attached hydrogens (tertiary/aromatic N) is 2. The fourth-order valence-corrected chi connectivity index (χ4v) is 3.54. The molecule has 3 rings (SSSR count). The van der Waals surface area contributed by atoms with Crippen LogP contribution in [0.2, 0.25) is 0 Å². The third-order valence-corrected chi connectivity index (χ3v) is 5.30. The number of carbonyl (C=O) groups excluding carboxylic acids is 1. The maximum absolute atomic E-state index is 13.0. The van der Waals surface area contributed by atoms with Gasteiger partial charge in [-0.25, -0.2) is 0 Å². The number of carbonyl (C=O) groups is 1. The zero-order chi connectivity index (χ0) is 22.7. The van der Waals surface area contributed by atoms with Crippen molar-refractivity contribution >= 4 is 5.78 Å². The largest absolute Gasteiger partial charge is 0.494 e. The van der Waals surface area contributed by atoms with Gasteiger partial charge in [0.2, 0.25) is 11.7 Å². The van der Waals surface area contributed by atoms with Crippen LogP contribution in [-0.4, -0.2) is 22.1 Å². The molecule has 1 N–H and O–H groups in total. The van der Waals surface area contributed by atoms with Gasteiger partial charge in [0.25, 0.3) is 5.56 Å². The Labute approximate surface area is 181 Å². The van der Waals surface area contributed by atoms with E-state index in [0.717, 1.165) is 26.8 Å². The predicted octanol–water partition coefficient (Wildman–Crippen LogP) is 3.97. The van der Waals surface area contributed by atoms with E-state index in [4.69, 9.17) is 4.74 Å². The van der Waals surface area contributed by atoms with Crippen molar-refractivity contribution < 1.29 is 14.6 Å². The molecule has 0 aliphatic rings. The minimum atomic E-state index is -0.634. The van der Waals surface area contributed by atoms with Gasteiger partial charge in [-0.05, 0) is 49.9 Å². The fraction of sp³-hybridized carbons (Fsp3) is 0.240. The average molecular weight is 416 g/mol. The maximum Gasteiger partial charge on any atom is 0.271 e. The van der Waals surface area contributed by atoms with Gasteiger partial charge in [-0.1, -0.05) is 48.0 Å². The lowest BCUT2D eigenvalue weighted by molar-refractivity contribution is 0.0915. The van der Waals surface area contributed by atoms with Crippen LogP contribution in [0.3, 0.4) is 0 Å². The van der Waals surface area contributed by atoms with Gasteiger partial charge in [-0.2, -0.15) is 5.26 Å². The van der Waals surface area contributed by atoms with E-state index in [1.165, 1.54) is 6.92 Å². The van der Waals surface area contributed by atoms with Crippen LogP contribution in [0.15, 0.2) is 47.3 Å². The maximum atomic E-state index is 13.0. The minimum absolute atomic E-state index is 0.0396. The number of aromatic hydroxyl groups is 1. The molecule has 0 fully saturated rings. The van der Waals surface area contributed by atoms with Crippen molar-refractivity contribution in [2.24, 2.45) is 0 Å². The summed E-state index contributed by atoms with van der Waals surface area (Å²) in [6.07, 6.45) is 0. The van der Waals surface area contributed by atoms with Crippen LogP contribution in [0.25, 0.3) is 0 Å². The van der Waals surface area contributed by atoms with Crippen LogP contribution in [-0.2, 0) is 6.54 Å². The number of ketones is 1. The second kappa shape index (κ2) is 8.88. The fourth-order valence-electron chi connectivity index (χ4n) is 3.54. The molecule has 0 amide bonds. The summed E-state index contributed by atoms with van der Waals surface area (Å²) in [5.74, 6) is -0.370. The molecule has 0 spiro atoms. The molecule has 1 aromatic heterocycles. The van der Waals surface area contributed by atoms with Gasteiger partial charge in [-0.15, -0.1) is 0 Å². The zero-order valence-corrected chi connectivity index (χ0v) is 18.0. The molecule has 0 aliphatic heterocycles. The lowest BCUT2D eigenvalue weighted by Crippen LogP contribution is -2.28. The second-order valence-electron chi connectivity index (χ2n) is 7.62. The Morgan fingerprint density at radius 3 is 2.26 bits per heavy atom. The van der Waals surface area contributed by atoms with Gasteiger partial charge in [0.05, 0.1) is 12.1 Å². The Hall–Kier alpha value is -3.85. The molecular formula is C25H24N2O4. The molecule has 0 bridgehead atoms. The summed E-state index contributed by atoms with van der Waals surface area (Å²) in [4.78, 5) is 25.8. The van der Waals surface area contributed by atoms with Crippen LogP contribution in [0.4, 0.5) is 0 Å². The Bertz CT molecular complexity index is 1230. The highest BCUT2D eigenvalue weighted by Gasteiger charge is 2.24. The van der Waals surface area contributed by atoms with E-state index in [1.807, 2.05) is 69.3 Å². The molecule has 2 aromatic carbocycles. The van der Waals surface area contributed by atoms with Crippen molar-refractivity contribution in [3.8, 4) is 17.7 Å². The number of para-hydroxylation sites is 1. The summed E-state index contributed by atoms with van der Waals surface area (Å²) in [5.41, 5.74) is 2.87. The number of nitriles is 1. The normalized spacial score (nSPS) is 10.5. The third-order valence-electron chi connectivity index (χ3n) is 5.30. The average Bonchev–Trinajstić information content (AvgIpc) is 2.72. The van der Waals surface area contributed by atoms with Gasteiger partial charge in [0, 0.05) is 0 Å². The number of aryl methyl sites for hydroxylation is 3. The quantitative estimate of drug-likeness (QED) is 0.614. The van der Waals surface area contributed by atoms with E-state index in [9.17, 15) is 20.0 Å². The minimum Gasteiger partial charge on any atom is -0.494 e. The monoisotopic (exact) mass is 416 g/mol. The number of hydrogen-bond donors (Lipinski definition) is 1. The van der Waals surface area contributed by atoms with Crippen molar-refractivity contribution in [2.45, 2.75) is 34.2 Å². The van der Waals surface area contributed by atoms with E-state index >= 15 is 0 Å². The van der Waals surface area contributed by atoms with E-state index in [2.05, 4.69) is 0 Å². The van der Waals surface area contributed by atoms with Gasteiger partial charge < -0.3 is 9.84 Å². The Kier molecular flexibility index (Phi) is 6.26. The van der Waals surface area contributed by atoms with Crippen molar-refractivity contribution in [3.63, 3.8) is 0 Å². The van der Waals surface area contributed by atoms with Crippen LogP contribution >= 0.6 is 0 Å². The summed E-state index contributed by atoms with van der Waals surface area (Å²) >= 11 is 0. The summed E-state index contributed by atoms with van der Waals surface area (Å²) in [6.45, 7) is 6.91. The summed E-state index contributed by atoms with van der Waals surface area (Å²) < 4.78 is 6.80. The molecule has 1 heterocycles. The summed E-state index contributed by atoms with van der Waals surface area (Å²) in [6, 6.07) is 15.0. The Morgan fingerprint density at radius 1 is 1.06 bits per heavy atom. The van der Waals surface area contributed by atoms with E-state index in [-0.39, 0.29) is 29.8 Å². The van der Waals surface area contributed by atoms with E-state index in [1.54, 1.807) is 0 Å². The zero-order valence-electron chi connectivity index (χ0n) is 18.0.